The second-order valence-electron chi connectivity index (χ2n) is 3.38. The number of hydrogen-bond acceptors (Lipinski definition) is 5. The van der Waals surface area contributed by atoms with Crippen molar-refractivity contribution in [2.45, 2.75) is 18.9 Å². The average Bonchev–Trinajstić information content (AvgIpc) is 1.93. The summed E-state index contributed by atoms with van der Waals surface area (Å²) in [5, 5.41) is 10.6. The van der Waals surface area contributed by atoms with Gasteiger partial charge in [0.1, 0.15) is 18.7 Å². The molecule has 1 saturated heterocycles. The van der Waals surface area contributed by atoms with Gasteiger partial charge in [0, 0.05) is 0 Å². The molecule has 1 aliphatic heterocycles. The molecule has 0 amide bonds. The second-order valence-corrected chi connectivity index (χ2v) is 4.96. The fourth-order valence-electron chi connectivity index (χ4n) is 1.39. The third-order valence-electron chi connectivity index (χ3n) is 2.14. The van der Waals surface area contributed by atoms with E-state index >= 15 is 0 Å². The molecule has 0 unspecified atom stereocenters. The molecule has 1 aliphatic rings. The number of nitrogens with zero attached hydrogens (tertiary/aromatic N) is 2. The van der Waals surface area contributed by atoms with Crippen LogP contribution in [0.2, 0.25) is 0 Å². The van der Waals surface area contributed by atoms with Gasteiger partial charge in [0.25, 0.3) is 10.1 Å². The maximum absolute atomic E-state index is 10.9. The van der Waals surface area contributed by atoms with Crippen molar-refractivity contribution >= 4 is 10.1 Å². The molecule has 0 aromatic heterocycles. The van der Waals surface area contributed by atoms with E-state index in [4.69, 9.17) is 4.18 Å². The van der Waals surface area contributed by atoms with Crippen LogP contribution in [0.15, 0.2) is 0 Å². The van der Waals surface area contributed by atoms with Crippen molar-refractivity contribution in [1.82, 2.24) is 5.01 Å². The molecular formula is C6H12N2O5S. The largest absolute Gasteiger partial charge is 0.265 e. The zero-order valence-corrected chi connectivity index (χ0v) is 8.78. The number of nitro groups is 1. The van der Waals surface area contributed by atoms with Crippen LogP contribution in [0.1, 0.15) is 13.3 Å². The van der Waals surface area contributed by atoms with Crippen molar-refractivity contribution in [1.29, 1.82) is 0 Å². The summed E-state index contributed by atoms with van der Waals surface area (Å²) in [6.07, 6.45) is 1.38. The molecule has 1 fully saturated rings. The zero-order chi connectivity index (χ0) is 11.0. The van der Waals surface area contributed by atoms with Crippen LogP contribution in [0.25, 0.3) is 0 Å². The summed E-state index contributed by atoms with van der Waals surface area (Å²) in [5.74, 6) is 0. The number of rotatable bonds is 4. The topological polar surface area (TPSA) is 89.8 Å². The Hall–Kier alpha value is -0.890. The minimum atomic E-state index is -3.55. The van der Waals surface area contributed by atoms with Gasteiger partial charge in [0.05, 0.1) is 6.26 Å². The van der Waals surface area contributed by atoms with E-state index in [0.717, 1.165) is 11.3 Å². The van der Waals surface area contributed by atoms with Crippen LogP contribution in [0.4, 0.5) is 0 Å². The van der Waals surface area contributed by atoms with Gasteiger partial charge in [-0.1, -0.05) is 6.92 Å². The predicted molar refractivity (Wildman–Crippen MR) is 47.5 cm³/mol. The highest BCUT2D eigenvalue weighted by Crippen LogP contribution is 2.29. The molecule has 0 bridgehead atoms. The van der Waals surface area contributed by atoms with E-state index in [1.807, 2.05) is 0 Å². The van der Waals surface area contributed by atoms with Crippen LogP contribution in [0.5, 0.6) is 0 Å². The van der Waals surface area contributed by atoms with Crippen LogP contribution in [-0.4, -0.2) is 43.4 Å². The Kier molecular flexibility index (Phi) is 2.68. The summed E-state index contributed by atoms with van der Waals surface area (Å²) >= 11 is 0. The predicted octanol–water partition coefficient (Wildman–Crippen LogP) is -0.381. The lowest BCUT2D eigenvalue weighted by atomic mass is 9.93. The summed E-state index contributed by atoms with van der Waals surface area (Å²) in [4.78, 5) is 10.3. The Balaban J connectivity index is 2.62. The monoisotopic (exact) mass is 224 g/mol. The van der Waals surface area contributed by atoms with Crippen LogP contribution in [0, 0.1) is 10.1 Å². The first kappa shape index (κ1) is 11.2. The molecule has 0 aromatic rings. The Bertz CT molecular complexity index is 332. The van der Waals surface area contributed by atoms with Crippen LogP contribution in [0.3, 0.4) is 0 Å². The summed E-state index contributed by atoms with van der Waals surface area (Å²) < 4.78 is 26.5. The highest BCUT2D eigenvalue weighted by molar-refractivity contribution is 7.86. The summed E-state index contributed by atoms with van der Waals surface area (Å²) in [5.41, 5.74) is -0.902. The van der Waals surface area contributed by atoms with E-state index in [9.17, 15) is 18.5 Å². The SMILES string of the molecule is CCC1(OS(C)(=O)=O)CN([N+](=O)[O-])C1. The van der Waals surface area contributed by atoms with E-state index in [0.29, 0.717) is 6.42 Å². The minimum absolute atomic E-state index is 0.0174. The smallest absolute Gasteiger partial charge is 0.259 e. The van der Waals surface area contributed by atoms with E-state index < -0.39 is 20.8 Å². The van der Waals surface area contributed by atoms with E-state index in [1.165, 1.54) is 0 Å². The van der Waals surface area contributed by atoms with E-state index in [2.05, 4.69) is 0 Å². The van der Waals surface area contributed by atoms with Crippen molar-refractivity contribution < 1.29 is 17.6 Å². The maximum Gasteiger partial charge on any atom is 0.265 e. The first-order valence-electron chi connectivity index (χ1n) is 4.08. The molecule has 8 heteroatoms. The lowest BCUT2D eigenvalue weighted by Gasteiger charge is -2.42. The third kappa shape index (κ3) is 2.32. The fraction of sp³-hybridized carbons (Fsp3) is 1.00. The molecule has 0 radical (unpaired) electrons. The average molecular weight is 224 g/mol. The first-order valence-corrected chi connectivity index (χ1v) is 5.89. The molecule has 0 saturated carbocycles. The molecule has 0 atom stereocenters. The standard InChI is InChI=1S/C6H12N2O5S/c1-3-6(13-14(2,11)12)4-7(5-6)8(9)10/h3-5H2,1-2H3. The van der Waals surface area contributed by atoms with Gasteiger partial charge in [-0.2, -0.15) is 8.42 Å². The highest BCUT2D eigenvalue weighted by atomic mass is 32.2. The first-order chi connectivity index (χ1) is 6.28. The van der Waals surface area contributed by atoms with Gasteiger partial charge < -0.3 is 0 Å². The summed E-state index contributed by atoms with van der Waals surface area (Å²) in [7, 11) is -3.55. The fourth-order valence-corrected chi connectivity index (χ4v) is 2.26. The lowest BCUT2D eigenvalue weighted by molar-refractivity contribution is -0.679. The van der Waals surface area contributed by atoms with Crippen LogP contribution >= 0.6 is 0 Å². The van der Waals surface area contributed by atoms with Gasteiger partial charge in [-0.3, -0.25) is 4.18 Å². The Labute approximate surface area is 81.9 Å². The van der Waals surface area contributed by atoms with Crippen LogP contribution < -0.4 is 0 Å². The van der Waals surface area contributed by atoms with Gasteiger partial charge in [0.15, 0.2) is 5.03 Å². The molecule has 0 aliphatic carbocycles. The summed E-state index contributed by atoms with van der Waals surface area (Å²) in [6, 6.07) is 0. The van der Waals surface area contributed by atoms with Gasteiger partial charge in [-0.15, -0.1) is 5.01 Å². The molecule has 82 valence electrons. The Morgan fingerprint density at radius 2 is 2.07 bits per heavy atom. The maximum atomic E-state index is 10.9. The van der Waals surface area contributed by atoms with Crippen molar-refractivity contribution in [2.75, 3.05) is 19.3 Å². The molecule has 0 N–H and O–H groups in total. The Morgan fingerprint density at radius 1 is 1.57 bits per heavy atom. The minimum Gasteiger partial charge on any atom is -0.259 e. The number of hydrazine groups is 1. The molecule has 14 heavy (non-hydrogen) atoms. The van der Waals surface area contributed by atoms with E-state index in [1.54, 1.807) is 6.92 Å². The van der Waals surface area contributed by atoms with Crippen molar-refractivity contribution in [3.8, 4) is 0 Å². The van der Waals surface area contributed by atoms with Crippen molar-refractivity contribution in [2.24, 2.45) is 0 Å². The van der Waals surface area contributed by atoms with E-state index in [-0.39, 0.29) is 13.1 Å². The molecule has 1 rings (SSSR count). The molecule has 7 nitrogen and oxygen atoms in total. The van der Waals surface area contributed by atoms with Gasteiger partial charge in [-0.25, -0.2) is 10.1 Å². The van der Waals surface area contributed by atoms with Gasteiger partial charge in [-0.05, 0) is 6.42 Å². The molecular weight excluding hydrogens is 212 g/mol. The second kappa shape index (κ2) is 3.35. The van der Waals surface area contributed by atoms with Gasteiger partial charge >= 0.3 is 0 Å². The summed E-state index contributed by atoms with van der Waals surface area (Å²) in [6.45, 7) is 1.77. The third-order valence-corrected chi connectivity index (χ3v) is 2.80. The van der Waals surface area contributed by atoms with Crippen LogP contribution in [-0.2, 0) is 14.3 Å². The molecule has 0 spiro atoms. The highest BCUT2D eigenvalue weighted by Gasteiger charge is 2.50. The van der Waals surface area contributed by atoms with Gasteiger partial charge in [0.2, 0.25) is 0 Å². The quantitative estimate of drug-likeness (QED) is 0.367. The molecule has 1 heterocycles. The number of hydrogen-bond donors (Lipinski definition) is 0. The van der Waals surface area contributed by atoms with Crippen molar-refractivity contribution in [3.63, 3.8) is 0 Å². The Morgan fingerprint density at radius 3 is 2.36 bits per heavy atom. The molecule has 0 aromatic carbocycles. The zero-order valence-electron chi connectivity index (χ0n) is 7.97. The lowest BCUT2D eigenvalue weighted by Crippen LogP contribution is -2.64. The normalized spacial score (nSPS) is 20.3. The van der Waals surface area contributed by atoms with Crippen molar-refractivity contribution in [3.05, 3.63) is 10.1 Å².